The first-order valence-corrected chi connectivity index (χ1v) is 4.27. The van der Waals surface area contributed by atoms with E-state index in [1.807, 2.05) is 13.8 Å². The predicted octanol–water partition coefficient (Wildman–Crippen LogP) is 1.47. The summed E-state index contributed by atoms with van der Waals surface area (Å²) in [6, 6.07) is 0.263. The molecule has 0 bridgehead atoms. The summed E-state index contributed by atoms with van der Waals surface area (Å²) < 4.78 is 1.71. The van der Waals surface area contributed by atoms with Gasteiger partial charge in [-0.2, -0.15) is 0 Å². The second kappa shape index (κ2) is 3.70. The smallest absolute Gasteiger partial charge is 0.120 e. The van der Waals surface area contributed by atoms with E-state index in [9.17, 15) is 5.11 Å². The lowest BCUT2D eigenvalue weighted by atomic mass is 10.1. The molecule has 0 aliphatic rings. The standard InChI is InChI=1S/C9H15N3O/c1-6(2)9(13)8-5-12(7(3)4)11-10-8/h5,7,9,13H,1H2,2-4H3. The fourth-order valence-corrected chi connectivity index (χ4v) is 0.921. The minimum Gasteiger partial charge on any atom is -0.382 e. The molecule has 1 aromatic heterocycles. The third kappa shape index (κ3) is 2.15. The second-order valence-corrected chi connectivity index (χ2v) is 3.47. The van der Waals surface area contributed by atoms with E-state index in [0.29, 0.717) is 11.3 Å². The van der Waals surface area contributed by atoms with Gasteiger partial charge >= 0.3 is 0 Å². The first-order valence-electron chi connectivity index (χ1n) is 4.27. The molecular weight excluding hydrogens is 166 g/mol. The Balaban J connectivity index is 2.85. The highest BCUT2D eigenvalue weighted by molar-refractivity contribution is 5.11. The summed E-state index contributed by atoms with van der Waals surface area (Å²) in [5.74, 6) is 0. The van der Waals surface area contributed by atoms with Crippen LogP contribution in [0, 0.1) is 0 Å². The number of nitrogens with zero attached hydrogens (tertiary/aromatic N) is 3. The van der Waals surface area contributed by atoms with Gasteiger partial charge in [-0.05, 0) is 26.3 Å². The number of aliphatic hydroxyl groups excluding tert-OH is 1. The summed E-state index contributed by atoms with van der Waals surface area (Å²) in [6.45, 7) is 9.43. The largest absolute Gasteiger partial charge is 0.382 e. The fraction of sp³-hybridized carbons (Fsp3) is 0.556. The highest BCUT2D eigenvalue weighted by Gasteiger charge is 2.12. The number of aliphatic hydroxyl groups is 1. The Kier molecular flexibility index (Phi) is 2.83. The van der Waals surface area contributed by atoms with E-state index in [1.54, 1.807) is 17.8 Å². The molecule has 1 rings (SSSR count). The monoisotopic (exact) mass is 181 g/mol. The molecule has 0 aliphatic heterocycles. The van der Waals surface area contributed by atoms with Gasteiger partial charge in [-0.3, -0.25) is 0 Å². The topological polar surface area (TPSA) is 50.9 Å². The van der Waals surface area contributed by atoms with Gasteiger partial charge in [-0.1, -0.05) is 11.8 Å². The van der Waals surface area contributed by atoms with Crippen molar-refractivity contribution in [1.82, 2.24) is 15.0 Å². The molecule has 4 heteroatoms. The van der Waals surface area contributed by atoms with Crippen molar-refractivity contribution >= 4 is 0 Å². The van der Waals surface area contributed by atoms with Crippen molar-refractivity contribution in [2.75, 3.05) is 0 Å². The zero-order chi connectivity index (χ0) is 10.0. The summed E-state index contributed by atoms with van der Waals surface area (Å²) in [5, 5.41) is 17.3. The van der Waals surface area contributed by atoms with Crippen LogP contribution in [0.25, 0.3) is 0 Å². The van der Waals surface area contributed by atoms with Gasteiger partial charge in [0.2, 0.25) is 0 Å². The molecule has 0 radical (unpaired) electrons. The number of rotatable bonds is 3. The average molecular weight is 181 g/mol. The molecule has 1 atom stereocenters. The molecule has 0 spiro atoms. The molecule has 0 saturated heterocycles. The van der Waals surface area contributed by atoms with Gasteiger partial charge < -0.3 is 5.11 Å². The molecule has 0 aliphatic carbocycles. The molecule has 0 aromatic carbocycles. The SMILES string of the molecule is C=C(C)C(O)c1cn(C(C)C)nn1. The average Bonchev–Trinajstić information content (AvgIpc) is 2.50. The zero-order valence-electron chi connectivity index (χ0n) is 8.23. The van der Waals surface area contributed by atoms with Crippen LogP contribution in [0.3, 0.4) is 0 Å². The third-order valence-corrected chi connectivity index (χ3v) is 1.80. The maximum atomic E-state index is 9.58. The number of hydrogen-bond acceptors (Lipinski definition) is 3. The third-order valence-electron chi connectivity index (χ3n) is 1.80. The molecule has 4 nitrogen and oxygen atoms in total. The Morgan fingerprint density at radius 1 is 1.62 bits per heavy atom. The van der Waals surface area contributed by atoms with Crippen LogP contribution < -0.4 is 0 Å². The van der Waals surface area contributed by atoms with Gasteiger partial charge in [0, 0.05) is 6.04 Å². The van der Waals surface area contributed by atoms with Crippen molar-refractivity contribution in [2.45, 2.75) is 32.9 Å². The summed E-state index contributed by atoms with van der Waals surface area (Å²) in [5.41, 5.74) is 1.23. The summed E-state index contributed by atoms with van der Waals surface area (Å²) in [6.07, 6.45) is 1.04. The van der Waals surface area contributed by atoms with Crippen LogP contribution in [0.5, 0.6) is 0 Å². The van der Waals surface area contributed by atoms with Crippen molar-refractivity contribution in [2.24, 2.45) is 0 Å². The minimum absolute atomic E-state index is 0.263. The first-order chi connectivity index (χ1) is 6.02. The Labute approximate surface area is 77.9 Å². The van der Waals surface area contributed by atoms with Gasteiger partial charge in [0.25, 0.3) is 0 Å². The molecule has 1 unspecified atom stereocenters. The minimum atomic E-state index is -0.701. The summed E-state index contributed by atoms with van der Waals surface area (Å²) in [4.78, 5) is 0. The Bertz CT molecular complexity index is 304. The molecule has 0 fully saturated rings. The fourth-order valence-electron chi connectivity index (χ4n) is 0.921. The van der Waals surface area contributed by atoms with Gasteiger partial charge in [-0.15, -0.1) is 5.10 Å². The second-order valence-electron chi connectivity index (χ2n) is 3.47. The first kappa shape index (κ1) is 9.92. The normalized spacial score (nSPS) is 13.3. The molecule has 0 saturated carbocycles. The molecule has 1 heterocycles. The molecule has 13 heavy (non-hydrogen) atoms. The van der Waals surface area contributed by atoms with Crippen molar-refractivity contribution in [1.29, 1.82) is 0 Å². The molecule has 72 valence electrons. The van der Waals surface area contributed by atoms with Crippen LogP contribution in [0.2, 0.25) is 0 Å². The molecule has 1 N–H and O–H groups in total. The highest BCUT2D eigenvalue weighted by atomic mass is 16.3. The van der Waals surface area contributed by atoms with E-state index in [2.05, 4.69) is 16.9 Å². The van der Waals surface area contributed by atoms with Crippen LogP contribution in [0.4, 0.5) is 0 Å². The summed E-state index contributed by atoms with van der Waals surface area (Å²) in [7, 11) is 0. The van der Waals surface area contributed by atoms with Crippen molar-refractivity contribution in [3.63, 3.8) is 0 Å². The maximum absolute atomic E-state index is 9.58. The van der Waals surface area contributed by atoms with E-state index in [1.165, 1.54) is 0 Å². The number of hydrogen-bond donors (Lipinski definition) is 1. The van der Waals surface area contributed by atoms with Gasteiger partial charge in [0.15, 0.2) is 0 Å². The van der Waals surface area contributed by atoms with Gasteiger partial charge in [-0.25, -0.2) is 4.68 Å². The van der Waals surface area contributed by atoms with E-state index in [-0.39, 0.29) is 6.04 Å². The lowest BCUT2D eigenvalue weighted by Crippen LogP contribution is -2.01. The van der Waals surface area contributed by atoms with Crippen molar-refractivity contribution < 1.29 is 5.11 Å². The van der Waals surface area contributed by atoms with E-state index in [4.69, 9.17) is 0 Å². The molecule has 0 amide bonds. The predicted molar refractivity (Wildman–Crippen MR) is 50.2 cm³/mol. The Hall–Kier alpha value is -1.16. The van der Waals surface area contributed by atoms with Crippen LogP contribution in [0.15, 0.2) is 18.3 Å². The van der Waals surface area contributed by atoms with Crippen LogP contribution >= 0.6 is 0 Å². The Morgan fingerprint density at radius 2 is 2.23 bits per heavy atom. The van der Waals surface area contributed by atoms with Crippen LogP contribution in [-0.4, -0.2) is 20.1 Å². The molecular formula is C9H15N3O. The van der Waals surface area contributed by atoms with Gasteiger partial charge in [0.05, 0.1) is 6.20 Å². The van der Waals surface area contributed by atoms with E-state index >= 15 is 0 Å². The molecule has 1 aromatic rings. The summed E-state index contributed by atoms with van der Waals surface area (Å²) >= 11 is 0. The van der Waals surface area contributed by atoms with Crippen molar-refractivity contribution in [3.05, 3.63) is 24.0 Å². The van der Waals surface area contributed by atoms with Crippen LogP contribution in [-0.2, 0) is 0 Å². The van der Waals surface area contributed by atoms with Crippen molar-refractivity contribution in [3.8, 4) is 0 Å². The lowest BCUT2D eigenvalue weighted by Gasteiger charge is -2.05. The van der Waals surface area contributed by atoms with Gasteiger partial charge in [0.1, 0.15) is 11.8 Å². The number of aromatic nitrogens is 3. The highest BCUT2D eigenvalue weighted by Crippen LogP contribution is 2.17. The zero-order valence-corrected chi connectivity index (χ0v) is 8.23. The quantitative estimate of drug-likeness (QED) is 0.718. The van der Waals surface area contributed by atoms with E-state index < -0.39 is 6.10 Å². The lowest BCUT2D eigenvalue weighted by molar-refractivity contribution is 0.211. The Morgan fingerprint density at radius 3 is 2.62 bits per heavy atom. The van der Waals surface area contributed by atoms with E-state index in [0.717, 1.165) is 0 Å². The van der Waals surface area contributed by atoms with Crippen LogP contribution in [0.1, 0.15) is 38.6 Å². The maximum Gasteiger partial charge on any atom is 0.120 e.